The maximum absolute atomic E-state index is 13.7. The summed E-state index contributed by atoms with van der Waals surface area (Å²) in [6.45, 7) is 0. The second kappa shape index (κ2) is 5.75. The number of hydrogen-bond acceptors (Lipinski definition) is 3. The Labute approximate surface area is 117 Å². The van der Waals surface area contributed by atoms with Crippen molar-refractivity contribution >= 4 is 27.5 Å². The van der Waals surface area contributed by atoms with Gasteiger partial charge in [0.2, 0.25) is 0 Å². The van der Waals surface area contributed by atoms with Gasteiger partial charge in [0.05, 0.1) is 12.2 Å². The van der Waals surface area contributed by atoms with E-state index in [1.807, 2.05) is 6.07 Å². The zero-order chi connectivity index (χ0) is 13.1. The van der Waals surface area contributed by atoms with E-state index >= 15 is 0 Å². The Balaban J connectivity index is 2.52. The molecule has 2 aromatic rings. The van der Waals surface area contributed by atoms with Crippen molar-refractivity contribution in [3.63, 3.8) is 0 Å². The van der Waals surface area contributed by atoms with E-state index in [2.05, 4.69) is 26.3 Å². The first-order chi connectivity index (χ1) is 8.63. The third kappa shape index (κ3) is 2.70. The molecule has 18 heavy (non-hydrogen) atoms. The van der Waals surface area contributed by atoms with Crippen LogP contribution in [0.15, 0.2) is 41.1 Å². The van der Waals surface area contributed by atoms with E-state index < -0.39 is 11.9 Å². The zero-order valence-electron chi connectivity index (χ0n) is 9.20. The first-order valence-electron chi connectivity index (χ1n) is 5.14. The number of nitrogens with two attached hydrogens (primary N) is 1. The molecule has 0 saturated heterocycles. The topological polar surface area (TPSA) is 50.9 Å². The van der Waals surface area contributed by atoms with Crippen molar-refractivity contribution in [2.45, 2.75) is 6.04 Å². The number of benzene rings is 1. The first-order valence-corrected chi connectivity index (χ1v) is 6.31. The SMILES string of the molecule is NNC(c1ccncc1F)c1cc(Br)ccc1Cl. The van der Waals surface area contributed by atoms with E-state index in [0.29, 0.717) is 16.1 Å². The number of nitrogens with one attached hydrogen (secondary N) is 1. The molecule has 3 nitrogen and oxygen atoms in total. The van der Waals surface area contributed by atoms with Crippen LogP contribution in [-0.4, -0.2) is 4.98 Å². The molecule has 1 aromatic carbocycles. The van der Waals surface area contributed by atoms with E-state index in [1.165, 1.54) is 6.20 Å². The van der Waals surface area contributed by atoms with E-state index in [0.717, 1.165) is 10.7 Å². The lowest BCUT2D eigenvalue weighted by atomic mass is 10.00. The minimum absolute atomic E-state index is 0.396. The van der Waals surface area contributed by atoms with Gasteiger partial charge in [0.25, 0.3) is 0 Å². The van der Waals surface area contributed by atoms with Gasteiger partial charge < -0.3 is 0 Å². The van der Waals surface area contributed by atoms with Crippen LogP contribution in [0.3, 0.4) is 0 Å². The van der Waals surface area contributed by atoms with Gasteiger partial charge in [-0.25, -0.2) is 9.82 Å². The van der Waals surface area contributed by atoms with Gasteiger partial charge in [0, 0.05) is 21.3 Å². The van der Waals surface area contributed by atoms with Crippen molar-refractivity contribution in [2.24, 2.45) is 5.84 Å². The van der Waals surface area contributed by atoms with Crippen LogP contribution in [0.4, 0.5) is 4.39 Å². The molecule has 0 radical (unpaired) electrons. The van der Waals surface area contributed by atoms with Crippen molar-refractivity contribution in [3.8, 4) is 0 Å². The van der Waals surface area contributed by atoms with Gasteiger partial charge >= 0.3 is 0 Å². The maximum atomic E-state index is 13.7. The smallest absolute Gasteiger partial charge is 0.146 e. The summed E-state index contributed by atoms with van der Waals surface area (Å²) in [6, 6.07) is 6.37. The van der Waals surface area contributed by atoms with Crippen molar-refractivity contribution in [1.82, 2.24) is 10.4 Å². The summed E-state index contributed by atoms with van der Waals surface area (Å²) in [5.41, 5.74) is 3.66. The third-order valence-electron chi connectivity index (χ3n) is 2.55. The van der Waals surface area contributed by atoms with E-state index in [1.54, 1.807) is 18.2 Å². The van der Waals surface area contributed by atoms with E-state index in [9.17, 15) is 4.39 Å². The minimum Gasteiger partial charge on any atom is -0.271 e. The number of hydrazine groups is 1. The van der Waals surface area contributed by atoms with E-state index in [4.69, 9.17) is 17.4 Å². The van der Waals surface area contributed by atoms with Crippen molar-refractivity contribution < 1.29 is 4.39 Å². The Morgan fingerprint density at radius 1 is 1.33 bits per heavy atom. The highest BCUT2D eigenvalue weighted by Crippen LogP contribution is 2.31. The highest BCUT2D eigenvalue weighted by molar-refractivity contribution is 9.10. The molecule has 1 heterocycles. The quantitative estimate of drug-likeness (QED) is 0.671. The van der Waals surface area contributed by atoms with Crippen LogP contribution in [0.5, 0.6) is 0 Å². The summed E-state index contributed by atoms with van der Waals surface area (Å²) < 4.78 is 14.6. The van der Waals surface area contributed by atoms with Gasteiger partial charge in [0.1, 0.15) is 5.82 Å². The van der Waals surface area contributed by atoms with Gasteiger partial charge in [0.15, 0.2) is 0 Å². The maximum Gasteiger partial charge on any atom is 0.146 e. The molecule has 0 spiro atoms. The van der Waals surface area contributed by atoms with Gasteiger partial charge in [-0.3, -0.25) is 10.8 Å². The van der Waals surface area contributed by atoms with Crippen LogP contribution in [0.2, 0.25) is 5.02 Å². The summed E-state index contributed by atoms with van der Waals surface area (Å²) in [5, 5.41) is 0.511. The second-order valence-corrected chi connectivity index (χ2v) is 4.99. The Morgan fingerprint density at radius 3 is 2.78 bits per heavy atom. The molecule has 1 aromatic heterocycles. The fraction of sp³-hybridized carbons (Fsp3) is 0.0833. The largest absolute Gasteiger partial charge is 0.271 e. The Hall–Kier alpha value is -1.01. The van der Waals surface area contributed by atoms with Gasteiger partial charge in [-0.1, -0.05) is 27.5 Å². The zero-order valence-corrected chi connectivity index (χ0v) is 11.5. The molecule has 0 amide bonds. The fourth-order valence-corrected chi connectivity index (χ4v) is 2.31. The lowest BCUT2D eigenvalue weighted by Crippen LogP contribution is -2.29. The first kappa shape index (κ1) is 13.4. The highest BCUT2D eigenvalue weighted by Gasteiger charge is 2.19. The number of rotatable bonds is 3. The molecule has 0 aliphatic heterocycles. The van der Waals surface area contributed by atoms with Crippen LogP contribution in [0.1, 0.15) is 17.2 Å². The van der Waals surface area contributed by atoms with E-state index in [-0.39, 0.29) is 0 Å². The molecule has 0 saturated carbocycles. The molecule has 0 fully saturated rings. The third-order valence-corrected chi connectivity index (χ3v) is 3.39. The predicted octanol–water partition coefficient (Wildman–Crippen LogP) is 3.19. The molecule has 6 heteroatoms. The minimum atomic E-state index is -0.530. The van der Waals surface area contributed by atoms with Crippen LogP contribution < -0.4 is 11.3 Å². The Morgan fingerprint density at radius 2 is 2.11 bits per heavy atom. The molecular formula is C12H10BrClFN3. The predicted molar refractivity (Wildman–Crippen MR) is 72.5 cm³/mol. The van der Waals surface area contributed by atoms with Crippen LogP contribution in [-0.2, 0) is 0 Å². The number of pyridine rings is 1. The van der Waals surface area contributed by atoms with Gasteiger partial charge in [-0.2, -0.15) is 0 Å². The molecule has 1 atom stereocenters. The fourth-order valence-electron chi connectivity index (χ4n) is 1.70. The average molecular weight is 331 g/mol. The van der Waals surface area contributed by atoms with Crippen molar-refractivity contribution in [1.29, 1.82) is 0 Å². The van der Waals surface area contributed by atoms with Gasteiger partial charge in [-0.15, -0.1) is 0 Å². The summed E-state index contributed by atoms with van der Waals surface area (Å²) in [5.74, 6) is 5.08. The number of halogens is 3. The summed E-state index contributed by atoms with van der Waals surface area (Å²) in [4.78, 5) is 3.71. The second-order valence-electron chi connectivity index (χ2n) is 3.66. The molecular weight excluding hydrogens is 321 g/mol. The van der Waals surface area contributed by atoms with Crippen LogP contribution in [0, 0.1) is 5.82 Å². The Bertz CT molecular complexity index is 565. The molecule has 1 unspecified atom stereocenters. The summed E-state index contributed by atoms with van der Waals surface area (Å²) in [6.07, 6.45) is 2.65. The molecule has 94 valence electrons. The number of nitrogens with zero attached hydrogens (tertiary/aromatic N) is 1. The van der Waals surface area contributed by atoms with Crippen LogP contribution in [0.25, 0.3) is 0 Å². The average Bonchev–Trinajstić information content (AvgIpc) is 2.36. The van der Waals surface area contributed by atoms with Crippen molar-refractivity contribution in [3.05, 3.63) is 63.1 Å². The van der Waals surface area contributed by atoms with Crippen LogP contribution >= 0.6 is 27.5 Å². The van der Waals surface area contributed by atoms with Crippen molar-refractivity contribution in [2.75, 3.05) is 0 Å². The highest BCUT2D eigenvalue weighted by atomic mass is 79.9. The summed E-state index contributed by atoms with van der Waals surface area (Å²) in [7, 11) is 0. The lowest BCUT2D eigenvalue weighted by Gasteiger charge is -2.18. The molecule has 3 N–H and O–H groups in total. The normalized spacial score (nSPS) is 12.4. The Kier molecular flexibility index (Phi) is 4.29. The molecule has 2 rings (SSSR count). The lowest BCUT2D eigenvalue weighted by molar-refractivity contribution is 0.555. The molecule has 0 aliphatic rings. The number of aromatic nitrogens is 1. The molecule has 0 aliphatic carbocycles. The standard InChI is InChI=1S/C12H10BrClFN3/c13-7-1-2-10(14)9(5-7)12(18-16)8-3-4-17-6-11(8)15/h1-6,12,18H,16H2. The molecule has 0 bridgehead atoms. The summed E-state index contributed by atoms with van der Waals surface area (Å²) >= 11 is 9.47. The number of hydrogen-bond donors (Lipinski definition) is 2. The van der Waals surface area contributed by atoms with Gasteiger partial charge in [-0.05, 0) is 29.8 Å². The monoisotopic (exact) mass is 329 g/mol.